The Morgan fingerprint density at radius 1 is 1.05 bits per heavy atom. The summed E-state index contributed by atoms with van der Waals surface area (Å²) in [6.07, 6.45) is 9.94. The quantitative estimate of drug-likeness (QED) is 0.364. The number of hydrogen-bond acceptors (Lipinski definition) is 6. The molecule has 0 spiro atoms. The Morgan fingerprint density at radius 2 is 1.89 bits per heavy atom. The number of ether oxygens (including phenoxy) is 1. The number of anilines is 1. The second-order valence-corrected chi connectivity index (χ2v) is 10.6. The van der Waals surface area contributed by atoms with Gasteiger partial charge in [-0.2, -0.15) is 10.1 Å². The molecule has 3 aromatic heterocycles. The van der Waals surface area contributed by atoms with Crippen LogP contribution in [0.5, 0.6) is 0 Å². The molecule has 3 aliphatic rings. The van der Waals surface area contributed by atoms with Gasteiger partial charge in [0.1, 0.15) is 28.7 Å². The highest BCUT2D eigenvalue weighted by Gasteiger charge is 2.33. The number of hydrogen-bond donors (Lipinski definition) is 0. The summed E-state index contributed by atoms with van der Waals surface area (Å²) in [4.78, 5) is 16.8. The lowest BCUT2D eigenvalue weighted by atomic mass is 9.92. The van der Waals surface area contributed by atoms with Crippen LogP contribution >= 0.6 is 0 Å². The van der Waals surface area contributed by atoms with E-state index in [0.717, 1.165) is 36.8 Å². The van der Waals surface area contributed by atoms with E-state index in [1.807, 2.05) is 29.5 Å². The molecule has 0 radical (unpaired) electrons. The fourth-order valence-electron chi connectivity index (χ4n) is 5.43. The summed E-state index contributed by atoms with van der Waals surface area (Å²) < 4.78 is 38.9. The van der Waals surface area contributed by atoms with Gasteiger partial charge in [0.05, 0.1) is 18.3 Å². The fraction of sp³-hybridized carbons (Fsp3) is 0.481. The number of fused-ring (bicyclic) bond motifs is 1. The van der Waals surface area contributed by atoms with Crippen molar-refractivity contribution in [3.05, 3.63) is 53.6 Å². The molecule has 1 saturated heterocycles. The van der Waals surface area contributed by atoms with E-state index >= 15 is 4.39 Å². The number of nitrogens with zero attached hydrogens (tertiary/aromatic N) is 7. The normalized spacial score (nSPS) is 22.1. The van der Waals surface area contributed by atoms with Crippen LogP contribution in [0.3, 0.4) is 0 Å². The monoisotopic (exact) mass is 505 g/mol. The Hall–Kier alpha value is -3.40. The zero-order valence-electron chi connectivity index (χ0n) is 20.9. The first kappa shape index (κ1) is 22.8. The van der Waals surface area contributed by atoms with Crippen molar-refractivity contribution in [2.45, 2.75) is 62.6 Å². The zero-order chi connectivity index (χ0) is 25.3. The highest BCUT2D eigenvalue weighted by molar-refractivity contribution is 5.89. The summed E-state index contributed by atoms with van der Waals surface area (Å²) in [5.74, 6) is 0.130. The highest BCUT2D eigenvalue weighted by atomic mass is 19.1. The number of imidazole rings is 1. The van der Waals surface area contributed by atoms with Crippen molar-refractivity contribution >= 4 is 17.1 Å². The smallest absolute Gasteiger partial charge is 0.207 e. The van der Waals surface area contributed by atoms with E-state index in [1.54, 1.807) is 0 Å². The summed E-state index contributed by atoms with van der Waals surface area (Å²) >= 11 is 0. The first-order chi connectivity index (χ1) is 18.0. The van der Waals surface area contributed by atoms with E-state index in [1.165, 1.54) is 25.0 Å². The van der Waals surface area contributed by atoms with Gasteiger partial charge in [-0.05, 0) is 50.7 Å². The first-order valence-corrected chi connectivity index (χ1v) is 13.0. The lowest BCUT2D eigenvalue weighted by Gasteiger charge is -2.28. The second kappa shape index (κ2) is 8.58. The molecule has 37 heavy (non-hydrogen) atoms. The summed E-state index contributed by atoms with van der Waals surface area (Å²) in [6, 6.07) is 4.58. The molecule has 2 aliphatic carbocycles. The third-order valence-electron chi connectivity index (χ3n) is 7.88. The summed E-state index contributed by atoms with van der Waals surface area (Å²) in [6.45, 7) is 0.573. The number of aryl methyl sites for hydroxylation is 1. The molecule has 4 aromatic rings. The van der Waals surface area contributed by atoms with Gasteiger partial charge in [0, 0.05) is 56.1 Å². The van der Waals surface area contributed by atoms with E-state index in [2.05, 4.69) is 16.2 Å². The van der Waals surface area contributed by atoms with E-state index in [0.29, 0.717) is 47.8 Å². The van der Waals surface area contributed by atoms with E-state index in [4.69, 9.17) is 19.7 Å². The van der Waals surface area contributed by atoms with Crippen LogP contribution in [0, 0.1) is 11.6 Å². The number of benzene rings is 1. The molecule has 4 heterocycles. The summed E-state index contributed by atoms with van der Waals surface area (Å²) in [7, 11) is 3.93. The predicted octanol–water partition coefficient (Wildman–Crippen LogP) is 5.07. The molecule has 2 unspecified atom stereocenters. The number of rotatable bonds is 6. The van der Waals surface area contributed by atoms with Crippen LogP contribution in [0.25, 0.3) is 22.4 Å². The predicted molar refractivity (Wildman–Crippen MR) is 134 cm³/mol. The van der Waals surface area contributed by atoms with Gasteiger partial charge < -0.3 is 14.2 Å². The van der Waals surface area contributed by atoms with Crippen LogP contribution in [-0.2, 0) is 11.8 Å². The van der Waals surface area contributed by atoms with Gasteiger partial charge in [-0.15, -0.1) is 0 Å². The lowest BCUT2D eigenvalue weighted by molar-refractivity contribution is 0.00396. The Kier molecular flexibility index (Phi) is 5.28. The van der Waals surface area contributed by atoms with Crippen LogP contribution in [0.2, 0.25) is 0 Å². The fourth-order valence-corrected chi connectivity index (χ4v) is 5.43. The molecule has 10 heteroatoms. The molecule has 1 aliphatic heterocycles. The minimum absolute atomic E-state index is 0.0151. The van der Waals surface area contributed by atoms with Gasteiger partial charge in [-0.25, -0.2) is 18.7 Å². The van der Waals surface area contributed by atoms with Crippen LogP contribution in [0.15, 0.2) is 30.6 Å². The molecule has 3 fully saturated rings. The minimum atomic E-state index is -0.651. The Labute approximate surface area is 213 Å². The third kappa shape index (κ3) is 4.07. The molecule has 8 nitrogen and oxygen atoms in total. The van der Waals surface area contributed by atoms with Crippen LogP contribution < -0.4 is 4.90 Å². The van der Waals surface area contributed by atoms with Crippen molar-refractivity contribution in [3.63, 3.8) is 0 Å². The van der Waals surface area contributed by atoms with Crippen molar-refractivity contribution in [1.82, 2.24) is 29.3 Å². The highest BCUT2D eigenvalue weighted by Crippen LogP contribution is 2.41. The Bertz CT molecular complexity index is 1490. The van der Waals surface area contributed by atoms with Gasteiger partial charge in [0.15, 0.2) is 5.65 Å². The van der Waals surface area contributed by atoms with Crippen molar-refractivity contribution in [1.29, 1.82) is 0 Å². The van der Waals surface area contributed by atoms with Crippen molar-refractivity contribution in [2.75, 3.05) is 18.6 Å². The maximum atomic E-state index is 15.1. The molecular weight excluding hydrogens is 476 g/mol. The van der Waals surface area contributed by atoms with Gasteiger partial charge in [-0.1, -0.05) is 0 Å². The zero-order valence-corrected chi connectivity index (χ0v) is 20.9. The molecule has 0 N–H and O–H groups in total. The summed E-state index contributed by atoms with van der Waals surface area (Å²) in [5.41, 5.74) is 2.92. The summed E-state index contributed by atoms with van der Waals surface area (Å²) in [5, 5.41) is 4.53. The molecule has 0 amide bonds. The SMILES string of the molecule is CN(c1nc2nc(C3CCOC(c4cnn(C5CC5)c4)C3)nc(-c3ccc(F)cc3F)c2n1C)C1CC1. The van der Waals surface area contributed by atoms with Gasteiger partial charge in [0.25, 0.3) is 0 Å². The average molecular weight is 506 g/mol. The van der Waals surface area contributed by atoms with Gasteiger partial charge in [0.2, 0.25) is 5.95 Å². The maximum absolute atomic E-state index is 15.1. The second-order valence-electron chi connectivity index (χ2n) is 10.6. The molecule has 7 rings (SSSR count). The van der Waals surface area contributed by atoms with Crippen molar-refractivity contribution < 1.29 is 13.5 Å². The molecule has 2 atom stereocenters. The van der Waals surface area contributed by atoms with Crippen LogP contribution in [0.4, 0.5) is 14.7 Å². The van der Waals surface area contributed by atoms with Gasteiger partial charge >= 0.3 is 0 Å². The van der Waals surface area contributed by atoms with E-state index in [9.17, 15) is 4.39 Å². The maximum Gasteiger partial charge on any atom is 0.207 e. The number of halogens is 2. The number of aromatic nitrogens is 6. The Morgan fingerprint density at radius 3 is 2.65 bits per heavy atom. The van der Waals surface area contributed by atoms with E-state index in [-0.39, 0.29) is 17.6 Å². The van der Waals surface area contributed by atoms with Crippen molar-refractivity contribution in [2.24, 2.45) is 7.05 Å². The molecule has 192 valence electrons. The average Bonchev–Trinajstić information content (AvgIpc) is 3.84. The van der Waals surface area contributed by atoms with Crippen molar-refractivity contribution in [3.8, 4) is 11.3 Å². The minimum Gasteiger partial charge on any atom is -0.373 e. The standard InChI is InChI=1S/C27H29F2N7O/c1-34(18-4-5-18)27-33-26-24(35(27)2)23(20-8-3-17(28)12-21(20)29)31-25(32-26)15-9-10-37-22(11-15)16-13-30-36(14-16)19-6-7-19/h3,8,12-15,18-19,22H,4-7,9-11H2,1-2H3. The lowest BCUT2D eigenvalue weighted by Crippen LogP contribution is -2.22. The van der Waals surface area contributed by atoms with E-state index < -0.39 is 11.6 Å². The molecule has 0 bridgehead atoms. The van der Waals surface area contributed by atoms with Gasteiger partial charge in [-0.3, -0.25) is 4.68 Å². The van der Waals surface area contributed by atoms with Crippen LogP contribution in [-0.4, -0.2) is 49.0 Å². The first-order valence-electron chi connectivity index (χ1n) is 13.0. The topological polar surface area (TPSA) is 73.9 Å². The third-order valence-corrected chi connectivity index (χ3v) is 7.88. The molecular formula is C27H29F2N7O. The molecule has 2 saturated carbocycles. The Balaban J connectivity index is 1.30. The molecule has 1 aromatic carbocycles. The largest absolute Gasteiger partial charge is 0.373 e. The van der Waals surface area contributed by atoms with Crippen LogP contribution in [0.1, 0.15) is 68.0 Å².